The van der Waals surface area contributed by atoms with E-state index in [1.165, 1.54) is 6.92 Å². The molecule has 1 N–H and O–H groups in total. The maximum absolute atomic E-state index is 13.7. The zero-order valence-corrected chi connectivity index (χ0v) is 17.7. The molecule has 1 unspecified atom stereocenters. The third-order valence-corrected chi connectivity index (χ3v) is 4.21. The number of alkyl halides is 6. The Kier molecular flexibility index (Phi) is 6.84. The second kappa shape index (κ2) is 8.60. The Hall–Kier alpha value is -2.83. The molecule has 0 aliphatic carbocycles. The minimum atomic E-state index is -5.37. The van der Waals surface area contributed by atoms with Crippen molar-refractivity contribution in [3.05, 3.63) is 34.8 Å². The van der Waals surface area contributed by atoms with Crippen LogP contribution in [0.25, 0.3) is 0 Å². The molecule has 2 rings (SSSR count). The van der Waals surface area contributed by atoms with Crippen LogP contribution in [0.1, 0.15) is 61.0 Å². The van der Waals surface area contributed by atoms with Crippen molar-refractivity contribution in [2.24, 2.45) is 0 Å². The summed E-state index contributed by atoms with van der Waals surface area (Å²) in [5.74, 6) is -2.28. The van der Waals surface area contributed by atoms with Crippen molar-refractivity contribution >= 4 is 5.97 Å². The van der Waals surface area contributed by atoms with Gasteiger partial charge in [-0.1, -0.05) is 0 Å². The number of pyridine rings is 1. The Morgan fingerprint density at radius 3 is 2.22 bits per heavy atom. The third kappa shape index (κ3) is 5.14. The molecule has 7 nitrogen and oxygen atoms in total. The number of carbonyl (C=O) groups excluding carboxylic acids is 1. The van der Waals surface area contributed by atoms with Crippen molar-refractivity contribution in [1.82, 2.24) is 14.8 Å². The highest BCUT2D eigenvalue weighted by molar-refractivity contribution is 5.89. The summed E-state index contributed by atoms with van der Waals surface area (Å²) in [7, 11) is 0. The molecule has 2 aromatic rings. The van der Waals surface area contributed by atoms with Crippen LogP contribution in [0.3, 0.4) is 0 Å². The van der Waals surface area contributed by atoms with Gasteiger partial charge >= 0.3 is 18.3 Å². The number of esters is 1. The molecule has 13 heteroatoms. The molecule has 0 spiro atoms. The van der Waals surface area contributed by atoms with Crippen LogP contribution in [0.5, 0.6) is 11.6 Å². The summed E-state index contributed by atoms with van der Waals surface area (Å²) in [4.78, 5) is 15.6. The molecule has 1 atom stereocenters. The van der Waals surface area contributed by atoms with E-state index in [4.69, 9.17) is 9.47 Å². The van der Waals surface area contributed by atoms with Crippen molar-refractivity contribution in [3.63, 3.8) is 0 Å². The van der Waals surface area contributed by atoms with Gasteiger partial charge in [-0.05, 0) is 34.6 Å². The molecule has 0 radical (unpaired) electrons. The fourth-order valence-electron chi connectivity index (χ4n) is 2.77. The van der Waals surface area contributed by atoms with E-state index >= 15 is 0 Å². The Morgan fingerprint density at radius 1 is 1.16 bits per heavy atom. The molecule has 0 saturated carbocycles. The molecule has 0 aliphatic heterocycles. The zero-order chi connectivity index (χ0) is 24.6. The van der Waals surface area contributed by atoms with E-state index in [9.17, 15) is 36.2 Å². The maximum Gasteiger partial charge on any atom is 0.420 e. The smallest absolute Gasteiger partial charge is 0.420 e. The molecule has 178 valence electrons. The van der Waals surface area contributed by atoms with Gasteiger partial charge in [-0.25, -0.2) is 9.48 Å². The average Bonchev–Trinajstić information content (AvgIpc) is 2.96. The molecule has 32 heavy (non-hydrogen) atoms. The third-order valence-electron chi connectivity index (χ3n) is 4.21. The van der Waals surface area contributed by atoms with Gasteiger partial charge in [0, 0.05) is 17.3 Å². The van der Waals surface area contributed by atoms with Gasteiger partial charge in [0.05, 0.1) is 18.3 Å². The van der Waals surface area contributed by atoms with Gasteiger partial charge in [0.2, 0.25) is 5.88 Å². The normalized spacial score (nSPS) is 13.8. The number of rotatable bonds is 5. The number of aromatic nitrogens is 3. The summed E-state index contributed by atoms with van der Waals surface area (Å²) in [6.45, 7) is 7.75. The van der Waals surface area contributed by atoms with E-state index in [0.717, 1.165) is 4.68 Å². The second-order valence-corrected chi connectivity index (χ2v) is 7.73. The first-order chi connectivity index (χ1) is 14.5. The lowest BCUT2D eigenvalue weighted by atomic mass is 10.0. The van der Waals surface area contributed by atoms with Crippen LogP contribution in [0, 0.1) is 6.92 Å². The van der Waals surface area contributed by atoms with Crippen LogP contribution < -0.4 is 4.74 Å². The summed E-state index contributed by atoms with van der Waals surface area (Å²) in [6.07, 6.45) is -13.3. The van der Waals surface area contributed by atoms with Crippen molar-refractivity contribution in [2.75, 3.05) is 6.61 Å². The van der Waals surface area contributed by atoms with Gasteiger partial charge in [0.25, 0.3) is 0 Å². The summed E-state index contributed by atoms with van der Waals surface area (Å²) < 4.78 is 91.5. The highest BCUT2D eigenvalue weighted by atomic mass is 19.4. The number of aliphatic hydroxyl groups is 1. The second-order valence-electron chi connectivity index (χ2n) is 7.73. The van der Waals surface area contributed by atoms with E-state index in [0.29, 0.717) is 6.20 Å². The lowest BCUT2D eigenvalue weighted by Gasteiger charge is -2.24. The molecule has 2 heterocycles. The standard InChI is InChI=1S/C19H21F6N3O4/c1-6-31-16(30)13-9(2)15(28(27-13)17(3,4)5)32-11-8-26-7-10(12(11)18(20,21)22)14(29)19(23,24)25/h7-8,14,29H,6H2,1-5H3. The van der Waals surface area contributed by atoms with Crippen molar-refractivity contribution < 1.29 is 45.7 Å². The SMILES string of the molecule is CCOC(=O)c1nn(C(C)(C)C)c(Oc2cncc(C(O)C(F)(F)F)c2C(F)(F)F)c1C. The van der Waals surface area contributed by atoms with Crippen LogP contribution in [0.4, 0.5) is 26.3 Å². The fourth-order valence-corrected chi connectivity index (χ4v) is 2.77. The van der Waals surface area contributed by atoms with Gasteiger partial charge in [0.15, 0.2) is 17.5 Å². The summed E-state index contributed by atoms with van der Waals surface area (Å²) in [5, 5.41) is 13.5. The highest BCUT2D eigenvalue weighted by Crippen LogP contribution is 2.45. The van der Waals surface area contributed by atoms with Crippen molar-refractivity contribution in [3.8, 4) is 11.6 Å². The Bertz CT molecular complexity index is 993. The first kappa shape index (κ1) is 25.4. The van der Waals surface area contributed by atoms with Crippen LogP contribution in [-0.2, 0) is 16.5 Å². The quantitative estimate of drug-likeness (QED) is 0.494. The molecule has 0 aliphatic rings. The first-order valence-corrected chi connectivity index (χ1v) is 9.25. The topological polar surface area (TPSA) is 86.5 Å². The zero-order valence-electron chi connectivity index (χ0n) is 17.7. The molecule has 0 saturated heterocycles. The number of halogens is 6. The van der Waals surface area contributed by atoms with E-state index < -0.39 is 46.8 Å². The van der Waals surface area contributed by atoms with E-state index in [1.807, 2.05) is 0 Å². The maximum atomic E-state index is 13.7. The number of hydrogen-bond acceptors (Lipinski definition) is 6. The fraction of sp³-hybridized carbons (Fsp3) is 0.526. The summed E-state index contributed by atoms with van der Waals surface area (Å²) >= 11 is 0. The first-order valence-electron chi connectivity index (χ1n) is 9.25. The largest absolute Gasteiger partial charge is 0.461 e. The molecule has 0 fully saturated rings. The minimum Gasteiger partial charge on any atom is -0.461 e. The van der Waals surface area contributed by atoms with E-state index in [-0.39, 0.29) is 29.9 Å². The molecule has 0 aromatic carbocycles. The van der Waals surface area contributed by atoms with Gasteiger partial charge in [-0.2, -0.15) is 31.4 Å². The Morgan fingerprint density at radius 2 is 1.75 bits per heavy atom. The monoisotopic (exact) mass is 469 g/mol. The van der Waals surface area contributed by atoms with Gasteiger partial charge in [-0.15, -0.1) is 0 Å². The number of ether oxygens (including phenoxy) is 2. The van der Waals surface area contributed by atoms with Crippen LogP contribution in [0.2, 0.25) is 0 Å². The Balaban J connectivity index is 2.73. The number of nitrogens with zero attached hydrogens (tertiary/aromatic N) is 3. The summed E-state index contributed by atoms with van der Waals surface area (Å²) in [6, 6.07) is 0. The van der Waals surface area contributed by atoms with Crippen LogP contribution in [0.15, 0.2) is 12.4 Å². The van der Waals surface area contributed by atoms with Gasteiger partial charge in [0.1, 0.15) is 5.56 Å². The average molecular weight is 469 g/mol. The molecule has 2 aromatic heterocycles. The van der Waals surface area contributed by atoms with Crippen molar-refractivity contribution in [2.45, 2.75) is 58.6 Å². The number of hydrogen-bond donors (Lipinski definition) is 1. The van der Waals surface area contributed by atoms with E-state index in [1.54, 1.807) is 27.7 Å². The summed E-state index contributed by atoms with van der Waals surface area (Å²) in [5.41, 5.74) is -4.50. The number of carbonyl (C=O) groups is 1. The van der Waals surface area contributed by atoms with Gasteiger partial charge in [-0.3, -0.25) is 4.98 Å². The molecular weight excluding hydrogens is 448 g/mol. The molecule has 0 amide bonds. The molecule has 0 bridgehead atoms. The predicted octanol–water partition coefficient (Wildman–Crippen LogP) is 4.93. The van der Waals surface area contributed by atoms with Crippen molar-refractivity contribution in [1.29, 1.82) is 0 Å². The number of aliphatic hydroxyl groups excluding tert-OH is 1. The lowest BCUT2D eigenvalue weighted by molar-refractivity contribution is -0.209. The molecular formula is C19H21F6N3O4. The minimum absolute atomic E-state index is 0.00766. The van der Waals surface area contributed by atoms with Crippen LogP contribution >= 0.6 is 0 Å². The lowest BCUT2D eigenvalue weighted by Crippen LogP contribution is -2.26. The highest BCUT2D eigenvalue weighted by Gasteiger charge is 2.47. The van der Waals surface area contributed by atoms with E-state index in [2.05, 4.69) is 10.1 Å². The van der Waals surface area contributed by atoms with Gasteiger partial charge < -0.3 is 14.6 Å². The predicted molar refractivity (Wildman–Crippen MR) is 98.2 cm³/mol. The Labute approximate surface area is 179 Å². The van der Waals surface area contributed by atoms with Crippen LogP contribution in [-0.4, -0.2) is 38.6 Å².